The van der Waals surface area contributed by atoms with Crippen molar-refractivity contribution in [2.24, 2.45) is 0 Å². The maximum atomic E-state index is 13.1. The van der Waals surface area contributed by atoms with Crippen molar-refractivity contribution in [3.8, 4) is 11.5 Å². The van der Waals surface area contributed by atoms with E-state index in [4.69, 9.17) is 9.47 Å². The number of rotatable bonds is 9. The van der Waals surface area contributed by atoms with Crippen LogP contribution in [-0.4, -0.2) is 67.5 Å². The number of carbonyl (C=O) groups excluding carboxylic acids is 2. The lowest BCUT2D eigenvalue weighted by Gasteiger charge is -2.26. The summed E-state index contributed by atoms with van der Waals surface area (Å²) in [5.41, 5.74) is 2.14. The van der Waals surface area contributed by atoms with E-state index >= 15 is 0 Å². The average Bonchev–Trinajstić information content (AvgIpc) is 3.06. The largest absolute Gasteiger partial charge is 0.507 e. The van der Waals surface area contributed by atoms with Crippen LogP contribution in [0.15, 0.2) is 48.0 Å². The van der Waals surface area contributed by atoms with Gasteiger partial charge in [-0.1, -0.05) is 19.1 Å². The molecule has 1 aliphatic heterocycles. The number of aliphatic hydroxyl groups excluding tert-OH is 1. The number of ether oxygens (including phenoxy) is 2. The van der Waals surface area contributed by atoms with Crippen molar-refractivity contribution in [3.05, 3.63) is 64.7 Å². The van der Waals surface area contributed by atoms with Gasteiger partial charge in [0.25, 0.3) is 11.7 Å². The molecule has 7 nitrogen and oxygen atoms in total. The Bertz CT molecular complexity index is 1040. The highest BCUT2D eigenvalue weighted by Crippen LogP contribution is 2.40. The summed E-state index contributed by atoms with van der Waals surface area (Å²) in [6.07, 6.45) is 0.888. The predicted octanol–water partition coefficient (Wildman–Crippen LogP) is 3.78. The number of Topliss-reactive ketones (excluding diaryl/α,β-unsaturated/α-hetero) is 1. The van der Waals surface area contributed by atoms with Crippen molar-refractivity contribution in [1.82, 2.24) is 9.80 Å². The molecule has 0 spiro atoms. The molecule has 1 unspecified atom stereocenters. The highest BCUT2D eigenvalue weighted by Gasteiger charge is 2.45. The number of likely N-dealkylation sites (N-methyl/N-ethyl adjacent to an activating group) is 1. The molecule has 0 bridgehead atoms. The molecule has 2 aromatic carbocycles. The van der Waals surface area contributed by atoms with Gasteiger partial charge in [-0.15, -0.1) is 0 Å². The van der Waals surface area contributed by atoms with Gasteiger partial charge in [0.2, 0.25) is 0 Å². The van der Waals surface area contributed by atoms with E-state index in [1.165, 1.54) is 4.90 Å². The van der Waals surface area contributed by atoms with Crippen molar-refractivity contribution in [1.29, 1.82) is 0 Å². The fourth-order valence-corrected chi connectivity index (χ4v) is 3.88. The third kappa shape index (κ3) is 5.20. The molecular formula is C26H32N2O5. The molecule has 176 valence electrons. The summed E-state index contributed by atoms with van der Waals surface area (Å²) in [6, 6.07) is 11.8. The quantitative estimate of drug-likeness (QED) is 0.354. The van der Waals surface area contributed by atoms with Gasteiger partial charge in [0, 0.05) is 18.7 Å². The van der Waals surface area contributed by atoms with Crippen LogP contribution < -0.4 is 9.47 Å². The van der Waals surface area contributed by atoms with Gasteiger partial charge in [-0.25, -0.2) is 0 Å². The minimum Gasteiger partial charge on any atom is -0.507 e. The molecule has 2 aromatic rings. The third-order valence-electron chi connectivity index (χ3n) is 5.67. The van der Waals surface area contributed by atoms with Gasteiger partial charge in [-0.3, -0.25) is 9.59 Å². The molecule has 1 heterocycles. The number of nitrogens with zero attached hydrogens (tertiary/aromatic N) is 2. The van der Waals surface area contributed by atoms with Gasteiger partial charge in [0.15, 0.2) is 0 Å². The molecule has 0 aromatic heterocycles. The van der Waals surface area contributed by atoms with Gasteiger partial charge in [-0.05, 0) is 68.9 Å². The maximum Gasteiger partial charge on any atom is 0.295 e. The summed E-state index contributed by atoms with van der Waals surface area (Å²) in [5, 5.41) is 11.2. The number of hydrogen-bond donors (Lipinski definition) is 1. The maximum absolute atomic E-state index is 13.1. The number of benzene rings is 2. The van der Waals surface area contributed by atoms with E-state index in [1.807, 2.05) is 45.0 Å². The van der Waals surface area contributed by atoms with Crippen molar-refractivity contribution < 1.29 is 24.2 Å². The monoisotopic (exact) mass is 452 g/mol. The highest BCUT2D eigenvalue weighted by molar-refractivity contribution is 6.46. The number of hydrogen-bond acceptors (Lipinski definition) is 6. The molecule has 1 aliphatic rings. The summed E-state index contributed by atoms with van der Waals surface area (Å²) in [5.74, 6) is -0.0876. The zero-order valence-corrected chi connectivity index (χ0v) is 19.9. The lowest BCUT2D eigenvalue weighted by Crippen LogP contribution is -2.35. The number of ketones is 1. The zero-order chi connectivity index (χ0) is 24.1. The lowest BCUT2D eigenvalue weighted by atomic mass is 9.94. The van der Waals surface area contributed by atoms with Gasteiger partial charge >= 0.3 is 0 Å². The molecule has 1 atom stereocenters. The normalized spacial score (nSPS) is 17.6. The molecule has 1 fully saturated rings. The number of carbonyl (C=O) groups is 2. The van der Waals surface area contributed by atoms with E-state index < -0.39 is 17.7 Å². The number of aliphatic hydroxyl groups is 1. The van der Waals surface area contributed by atoms with E-state index in [2.05, 4.69) is 0 Å². The molecule has 1 N–H and O–H groups in total. The van der Waals surface area contributed by atoms with Gasteiger partial charge in [0.05, 0.1) is 25.3 Å². The number of likely N-dealkylation sites (tertiary alicyclic amines) is 1. The third-order valence-corrected chi connectivity index (χ3v) is 5.67. The van der Waals surface area contributed by atoms with Crippen LogP contribution in [0.25, 0.3) is 5.76 Å². The number of amides is 1. The Kier molecular flexibility index (Phi) is 7.76. The lowest BCUT2D eigenvalue weighted by molar-refractivity contribution is -0.140. The minimum atomic E-state index is -0.688. The molecule has 1 amide bonds. The van der Waals surface area contributed by atoms with Crippen LogP contribution in [-0.2, 0) is 9.59 Å². The van der Waals surface area contributed by atoms with Crippen LogP contribution in [0.3, 0.4) is 0 Å². The fourth-order valence-electron chi connectivity index (χ4n) is 3.88. The van der Waals surface area contributed by atoms with E-state index in [-0.39, 0.29) is 11.3 Å². The first-order valence-electron chi connectivity index (χ1n) is 11.1. The fraction of sp³-hybridized carbons (Fsp3) is 0.385. The Hall–Kier alpha value is -3.32. The zero-order valence-electron chi connectivity index (χ0n) is 19.9. The van der Waals surface area contributed by atoms with Crippen LogP contribution in [0.5, 0.6) is 11.5 Å². The Morgan fingerprint density at radius 2 is 1.82 bits per heavy atom. The molecule has 0 saturated carbocycles. The minimum absolute atomic E-state index is 0.0885. The van der Waals surface area contributed by atoms with Crippen LogP contribution in [0.4, 0.5) is 0 Å². The Balaban J connectivity index is 2.09. The predicted molar refractivity (Wildman–Crippen MR) is 128 cm³/mol. The molecule has 7 heteroatoms. The van der Waals surface area contributed by atoms with Gasteiger partial charge < -0.3 is 24.4 Å². The first-order chi connectivity index (χ1) is 15.8. The van der Waals surface area contributed by atoms with Crippen molar-refractivity contribution in [3.63, 3.8) is 0 Å². The summed E-state index contributed by atoms with van der Waals surface area (Å²) in [4.78, 5) is 29.6. The van der Waals surface area contributed by atoms with E-state index in [1.54, 1.807) is 37.4 Å². The SMILES string of the molecule is CCCOc1ccc(/C(O)=C2\C(=O)C(=O)N(CCN(C)C)C2c2ccc(OC)cc2)cc1C. The molecular weight excluding hydrogens is 420 g/mol. The van der Waals surface area contributed by atoms with Crippen LogP contribution in [0, 0.1) is 6.92 Å². The van der Waals surface area contributed by atoms with Crippen molar-refractivity contribution in [2.45, 2.75) is 26.3 Å². The van der Waals surface area contributed by atoms with Crippen molar-refractivity contribution in [2.75, 3.05) is 40.9 Å². The first kappa shape index (κ1) is 24.3. The second-order valence-electron chi connectivity index (χ2n) is 8.40. The molecule has 0 aliphatic carbocycles. The van der Waals surface area contributed by atoms with E-state index in [0.717, 1.165) is 23.3 Å². The first-order valence-corrected chi connectivity index (χ1v) is 11.1. The van der Waals surface area contributed by atoms with E-state index in [9.17, 15) is 14.7 Å². The Morgan fingerprint density at radius 3 is 2.39 bits per heavy atom. The molecule has 33 heavy (non-hydrogen) atoms. The molecule has 1 saturated heterocycles. The van der Waals surface area contributed by atoms with Crippen molar-refractivity contribution >= 4 is 17.4 Å². The summed E-state index contributed by atoms with van der Waals surface area (Å²) in [6.45, 7) is 5.46. The number of methoxy groups -OCH3 is 1. The average molecular weight is 453 g/mol. The van der Waals surface area contributed by atoms with Gasteiger partial charge in [0.1, 0.15) is 17.3 Å². The Morgan fingerprint density at radius 1 is 1.12 bits per heavy atom. The second kappa shape index (κ2) is 10.5. The molecule has 3 rings (SSSR count). The number of aryl methyl sites for hydroxylation is 1. The van der Waals surface area contributed by atoms with Crippen LogP contribution in [0.1, 0.15) is 36.1 Å². The summed E-state index contributed by atoms with van der Waals surface area (Å²) in [7, 11) is 5.39. The van der Waals surface area contributed by atoms with E-state index in [0.29, 0.717) is 31.0 Å². The Labute approximate surface area is 195 Å². The second-order valence-corrected chi connectivity index (χ2v) is 8.40. The topological polar surface area (TPSA) is 79.3 Å². The standard InChI is InChI=1S/C26H32N2O5/c1-6-15-33-21-12-9-19(16-17(21)2)24(29)22-23(18-7-10-20(32-5)11-8-18)28(14-13-27(3)4)26(31)25(22)30/h7-12,16,23,29H,6,13-15H2,1-5H3/b24-22+. The summed E-state index contributed by atoms with van der Waals surface area (Å²) < 4.78 is 11.0. The van der Waals surface area contributed by atoms with Crippen LogP contribution in [0.2, 0.25) is 0 Å². The van der Waals surface area contributed by atoms with Gasteiger partial charge in [-0.2, -0.15) is 0 Å². The summed E-state index contributed by atoms with van der Waals surface area (Å²) >= 11 is 0. The smallest absolute Gasteiger partial charge is 0.295 e. The molecule has 0 radical (unpaired) electrons. The highest BCUT2D eigenvalue weighted by atomic mass is 16.5. The van der Waals surface area contributed by atoms with Crippen LogP contribution >= 0.6 is 0 Å².